The topological polar surface area (TPSA) is 237 Å². The molecule has 0 spiro atoms. The van der Waals surface area contributed by atoms with Crippen molar-refractivity contribution < 1.29 is 80.2 Å². The summed E-state index contributed by atoms with van der Waals surface area (Å²) in [7, 11) is -10.0. The van der Waals surface area contributed by atoms with E-state index in [1.54, 1.807) is 0 Å². The number of hydrogen-bond donors (Lipinski definition) is 3. The maximum atomic E-state index is 13.1. The first kappa shape index (κ1) is 102. The summed E-state index contributed by atoms with van der Waals surface area (Å²) in [5, 5.41) is 10.7. The molecule has 0 radical (unpaired) electrons. The Bertz CT molecular complexity index is 2760. The third kappa shape index (κ3) is 78.3. The van der Waals surface area contributed by atoms with Gasteiger partial charge in [0.2, 0.25) is 0 Å². The van der Waals surface area contributed by atoms with Crippen molar-refractivity contribution in [2.24, 2.45) is 0 Å². The molecule has 0 aliphatic heterocycles. The van der Waals surface area contributed by atoms with Crippen LogP contribution in [0.2, 0.25) is 0 Å². The zero-order valence-electron chi connectivity index (χ0n) is 66.9. The molecule has 0 aliphatic rings. The Morgan fingerprint density at radius 1 is 0.269 bits per heavy atom. The van der Waals surface area contributed by atoms with E-state index >= 15 is 0 Å². The molecule has 17 nitrogen and oxygen atoms in total. The molecular formula is C89H144O17P2. The van der Waals surface area contributed by atoms with E-state index in [0.29, 0.717) is 38.5 Å². The minimum atomic E-state index is -5.02. The maximum Gasteiger partial charge on any atom is 0.472 e. The molecule has 5 atom stereocenters. The molecule has 5 unspecified atom stereocenters. The van der Waals surface area contributed by atoms with Gasteiger partial charge in [-0.15, -0.1) is 0 Å². The molecule has 0 saturated heterocycles. The fourth-order valence-electron chi connectivity index (χ4n) is 10.2. The van der Waals surface area contributed by atoms with Gasteiger partial charge in [0, 0.05) is 25.7 Å². The third-order valence-electron chi connectivity index (χ3n) is 16.3. The van der Waals surface area contributed by atoms with Crippen LogP contribution in [0.3, 0.4) is 0 Å². The van der Waals surface area contributed by atoms with Gasteiger partial charge >= 0.3 is 39.5 Å². The fraction of sp³-hybridized carbons (Fsp3) is 0.618. The van der Waals surface area contributed by atoms with Gasteiger partial charge in [-0.05, 0) is 167 Å². The number of phosphoric ester groups is 2. The Morgan fingerprint density at radius 2 is 0.491 bits per heavy atom. The summed E-state index contributed by atoms with van der Waals surface area (Å²) in [6, 6.07) is 0. The molecule has 0 aromatic carbocycles. The number of carbonyl (C=O) groups excluding carboxylic acids is 4. The predicted octanol–water partition coefficient (Wildman–Crippen LogP) is 24.3. The molecule has 0 aliphatic carbocycles. The van der Waals surface area contributed by atoms with E-state index in [0.717, 1.165) is 167 Å². The molecule has 19 heteroatoms. The minimum absolute atomic E-state index is 0.00280. The van der Waals surface area contributed by atoms with Crippen LogP contribution in [0.4, 0.5) is 0 Å². The molecule has 0 fully saturated rings. The van der Waals surface area contributed by atoms with Crippen molar-refractivity contribution in [3.63, 3.8) is 0 Å². The molecule has 0 heterocycles. The molecule has 0 aromatic heterocycles. The first-order valence-corrected chi connectivity index (χ1v) is 44.0. The monoisotopic (exact) mass is 1550 g/mol. The van der Waals surface area contributed by atoms with Gasteiger partial charge in [-0.2, -0.15) is 0 Å². The van der Waals surface area contributed by atoms with Crippen molar-refractivity contribution in [3.05, 3.63) is 182 Å². The summed E-state index contributed by atoms with van der Waals surface area (Å²) in [5.41, 5.74) is 0. The van der Waals surface area contributed by atoms with Crippen LogP contribution in [0.5, 0.6) is 0 Å². The van der Waals surface area contributed by atoms with Crippen LogP contribution in [0.1, 0.15) is 297 Å². The average Bonchev–Trinajstić information content (AvgIpc) is 0.901. The molecule has 612 valence electrons. The van der Waals surface area contributed by atoms with E-state index in [1.807, 2.05) is 24.3 Å². The minimum Gasteiger partial charge on any atom is -0.462 e. The number of aliphatic hydroxyl groups excluding tert-OH is 1. The standard InChI is InChI=1S/C89H144O17P2/c1-5-9-13-17-21-25-29-33-37-40-41-44-47-50-54-58-62-66-70-74-87(92)100-79-84(105-88(93)75-71-67-63-59-55-51-45-36-32-28-24-20-16-12-8-4)81-103-107(95,96)101-77-83(90)78-102-108(97,98)104-82-85(106-89(94)76-72-68-64-60-56-52-48-43-39-35-31-27-23-19-15-11-7-3)80-99-86(91)73-69-65-61-57-53-49-46-42-38-34-30-26-22-18-14-10-6-2/h9-11,13-15,21-23,25-27,33-39,41,44-46,48-49,52,57,60-61,64,83-85,90H,5-8,12,16-20,24,28-32,40,42-43,47,50-51,53-56,58-59,62-63,65-82H2,1-4H3,(H,95,96)(H,97,98)/b13-9-,14-10-,15-11-,25-21-,26-22-,27-23-,37-33-,38-34-,39-35-,44-41-,45-36-,49-46-,52-48-,61-57-,64-60-. The second-order valence-electron chi connectivity index (χ2n) is 26.6. The highest BCUT2D eigenvalue weighted by Crippen LogP contribution is 2.45. The SMILES string of the molecule is CC/C=C\C/C=C\C/C=C\C/C=C\C/C=C\CCCC(=O)OCC(COP(=O)(O)OCC(O)COP(=O)(O)OCC(COC(=O)CCCCCCCC/C=C\C/C=C\C/C=C\C/C=C\CC)OC(=O)CCCCCCC/C=C\CCCCCCCC)OC(=O)CCC/C=C\C/C=C\C/C=C\C/C=C\C/C=C\CC. The molecule has 3 N–H and O–H groups in total. The number of ether oxygens (including phenoxy) is 4. The van der Waals surface area contributed by atoms with Gasteiger partial charge < -0.3 is 33.8 Å². The highest BCUT2D eigenvalue weighted by Gasteiger charge is 2.30. The summed E-state index contributed by atoms with van der Waals surface area (Å²) in [5.74, 6) is -2.35. The molecular weight excluding hydrogens is 1400 g/mol. The first-order chi connectivity index (χ1) is 52.7. The van der Waals surface area contributed by atoms with Gasteiger partial charge in [0.25, 0.3) is 0 Å². The van der Waals surface area contributed by atoms with E-state index < -0.39 is 97.5 Å². The Labute approximate surface area is 654 Å². The normalized spacial score (nSPS) is 14.8. The van der Waals surface area contributed by atoms with Gasteiger partial charge in [-0.1, -0.05) is 287 Å². The lowest BCUT2D eigenvalue weighted by atomic mass is 10.1. The van der Waals surface area contributed by atoms with Crippen LogP contribution >= 0.6 is 15.6 Å². The van der Waals surface area contributed by atoms with Gasteiger partial charge in [-0.25, -0.2) is 9.13 Å². The highest BCUT2D eigenvalue weighted by molar-refractivity contribution is 7.47. The molecule has 0 saturated carbocycles. The Morgan fingerprint density at radius 3 is 0.796 bits per heavy atom. The lowest BCUT2D eigenvalue weighted by Gasteiger charge is -2.21. The smallest absolute Gasteiger partial charge is 0.462 e. The molecule has 108 heavy (non-hydrogen) atoms. The number of hydrogen-bond acceptors (Lipinski definition) is 15. The summed E-state index contributed by atoms with van der Waals surface area (Å²) in [4.78, 5) is 73.1. The van der Waals surface area contributed by atoms with E-state index in [2.05, 4.69) is 186 Å². The van der Waals surface area contributed by atoms with Crippen molar-refractivity contribution in [1.29, 1.82) is 0 Å². The summed E-state index contributed by atoms with van der Waals surface area (Å²) < 4.78 is 68.6. The van der Waals surface area contributed by atoms with Crippen molar-refractivity contribution in [1.82, 2.24) is 0 Å². The number of phosphoric acid groups is 2. The summed E-state index contributed by atoms with van der Waals surface area (Å²) >= 11 is 0. The average molecular weight is 1550 g/mol. The Hall–Kier alpha value is -5.84. The molecule has 0 rings (SSSR count). The van der Waals surface area contributed by atoms with Crippen molar-refractivity contribution in [2.75, 3.05) is 39.6 Å². The number of carbonyl (C=O) groups is 4. The molecule has 0 amide bonds. The molecule has 0 aromatic rings. The van der Waals surface area contributed by atoms with Gasteiger partial charge in [0.15, 0.2) is 12.2 Å². The first-order valence-electron chi connectivity index (χ1n) is 41.0. The number of aliphatic hydroxyl groups is 1. The maximum absolute atomic E-state index is 13.1. The van der Waals surface area contributed by atoms with Gasteiger partial charge in [0.1, 0.15) is 19.3 Å². The van der Waals surface area contributed by atoms with Crippen LogP contribution < -0.4 is 0 Å². The van der Waals surface area contributed by atoms with E-state index in [-0.39, 0.29) is 25.7 Å². The van der Waals surface area contributed by atoms with E-state index in [9.17, 15) is 43.2 Å². The van der Waals surface area contributed by atoms with Gasteiger partial charge in [0.05, 0.1) is 26.4 Å². The number of rotatable bonds is 75. The van der Waals surface area contributed by atoms with E-state index in [1.165, 1.54) is 38.5 Å². The Balaban J connectivity index is 5.50. The molecule has 0 bridgehead atoms. The second-order valence-corrected chi connectivity index (χ2v) is 29.5. The second kappa shape index (κ2) is 79.3. The van der Waals surface area contributed by atoms with Crippen LogP contribution in [0.15, 0.2) is 182 Å². The quantitative estimate of drug-likeness (QED) is 0.0169. The zero-order chi connectivity index (χ0) is 78.9. The van der Waals surface area contributed by atoms with Crippen molar-refractivity contribution in [2.45, 2.75) is 316 Å². The van der Waals surface area contributed by atoms with Crippen LogP contribution in [-0.4, -0.2) is 96.7 Å². The lowest BCUT2D eigenvalue weighted by molar-refractivity contribution is -0.161. The van der Waals surface area contributed by atoms with Crippen LogP contribution in [0, 0.1) is 0 Å². The third-order valence-corrected chi connectivity index (χ3v) is 18.2. The number of allylic oxidation sites excluding steroid dienone is 30. The van der Waals surface area contributed by atoms with Crippen molar-refractivity contribution >= 4 is 39.5 Å². The highest BCUT2D eigenvalue weighted by atomic mass is 31.2. The summed E-state index contributed by atoms with van der Waals surface area (Å²) in [6.07, 6.45) is 95.9. The van der Waals surface area contributed by atoms with E-state index in [4.69, 9.17) is 37.0 Å². The predicted molar refractivity (Wildman–Crippen MR) is 445 cm³/mol. The van der Waals surface area contributed by atoms with Crippen LogP contribution in [0.25, 0.3) is 0 Å². The lowest BCUT2D eigenvalue weighted by Crippen LogP contribution is -2.30. The Kier molecular flexibility index (Phi) is 75.0. The summed E-state index contributed by atoms with van der Waals surface area (Å²) in [6.45, 7) is 4.37. The fourth-order valence-corrected chi connectivity index (χ4v) is 11.8. The largest absolute Gasteiger partial charge is 0.472 e. The number of unbranched alkanes of at least 4 members (excludes halogenated alkanes) is 19. The number of esters is 4. The van der Waals surface area contributed by atoms with Crippen molar-refractivity contribution in [3.8, 4) is 0 Å². The zero-order valence-corrected chi connectivity index (χ0v) is 68.7. The van der Waals surface area contributed by atoms with Crippen LogP contribution in [-0.2, 0) is 65.4 Å². The van der Waals surface area contributed by atoms with Gasteiger partial charge in [-0.3, -0.25) is 37.3 Å².